The SMILES string of the molecule is CCC(CCN)CCCN1CCCC(COC)C1. The van der Waals surface area contributed by atoms with Gasteiger partial charge in [0.25, 0.3) is 0 Å². The van der Waals surface area contributed by atoms with Crippen molar-refractivity contribution in [2.75, 3.05) is 39.9 Å². The van der Waals surface area contributed by atoms with E-state index in [4.69, 9.17) is 10.5 Å². The van der Waals surface area contributed by atoms with Gasteiger partial charge in [0.2, 0.25) is 0 Å². The van der Waals surface area contributed by atoms with E-state index in [9.17, 15) is 0 Å². The summed E-state index contributed by atoms with van der Waals surface area (Å²) in [5.74, 6) is 1.60. The first kappa shape index (κ1) is 15.9. The Bertz CT molecular complexity index is 197. The van der Waals surface area contributed by atoms with Crippen molar-refractivity contribution in [2.24, 2.45) is 17.6 Å². The number of hydrogen-bond acceptors (Lipinski definition) is 3. The van der Waals surface area contributed by atoms with Gasteiger partial charge in [-0.05, 0) is 63.6 Å². The highest BCUT2D eigenvalue weighted by atomic mass is 16.5. The van der Waals surface area contributed by atoms with Crippen LogP contribution in [0.4, 0.5) is 0 Å². The Morgan fingerprint density at radius 1 is 1.39 bits per heavy atom. The molecule has 1 saturated heterocycles. The van der Waals surface area contributed by atoms with Crippen molar-refractivity contribution in [1.29, 1.82) is 0 Å². The molecular weight excluding hydrogens is 224 g/mol. The smallest absolute Gasteiger partial charge is 0.0502 e. The number of likely N-dealkylation sites (tertiary alicyclic amines) is 1. The molecule has 18 heavy (non-hydrogen) atoms. The molecule has 3 heteroatoms. The van der Waals surface area contributed by atoms with Gasteiger partial charge in [-0.1, -0.05) is 13.3 Å². The minimum Gasteiger partial charge on any atom is -0.384 e. The summed E-state index contributed by atoms with van der Waals surface area (Å²) in [6.07, 6.45) is 7.84. The molecule has 2 atom stereocenters. The highest BCUT2D eigenvalue weighted by Gasteiger charge is 2.19. The molecule has 0 aliphatic carbocycles. The summed E-state index contributed by atoms with van der Waals surface area (Å²) >= 11 is 0. The van der Waals surface area contributed by atoms with Crippen LogP contribution in [0.5, 0.6) is 0 Å². The van der Waals surface area contributed by atoms with Crippen LogP contribution in [0.15, 0.2) is 0 Å². The molecule has 2 unspecified atom stereocenters. The monoisotopic (exact) mass is 256 g/mol. The van der Waals surface area contributed by atoms with E-state index in [0.717, 1.165) is 25.0 Å². The van der Waals surface area contributed by atoms with Crippen LogP contribution >= 0.6 is 0 Å². The molecule has 0 aromatic rings. The molecule has 108 valence electrons. The Balaban J connectivity index is 2.14. The predicted octanol–water partition coefficient (Wildman–Crippen LogP) is 2.50. The molecule has 0 spiro atoms. The fourth-order valence-corrected chi connectivity index (χ4v) is 3.12. The van der Waals surface area contributed by atoms with E-state index in [-0.39, 0.29) is 0 Å². The molecule has 1 aliphatic rings. The van der Waals surface area contributed by atoms with Crippen molar-refractivity contribution >= 4 is 0 Å². The fourth-order valence-electron chi connectivity index (χ4n) is 3.12. The average Bonchev–Trinajstić information content (AvgIpc) is 2.38. The summed E-state index contributed by atoms with van der Waals surface area (Å²) in [5.41, 5.74) is 5.65. The van der Waals surface area contributed by atoms with Gasteiger partial charge in [-0.2, -0.15) is 0 Å². The lowest BCUT2D eigenvalue weighted by Gasteiger charge is -2.32. The molecule has 1 rings (SSSR count). The minimum atomic E-state index is 0.759. The van der Waals surface area contributed by atoms with Crippen LogP contribution in [0, 0.1) is 11.8 Å². The molecule has 0 amide bonds. The number of methoxy groups -OCH3 is 1. The first-order valence-electron chi connectivity index (χ1n) is 7.71. The van der Waals surface area contributed by atoms with Crippen molar-refractivity contribution in [3.05, 3.63) is 0 Å². The van der Waals surface area contributed by atoms with Crippen LogP contribution in [0.25, 0.3) is 0 Å². The number of nitrogens with two attached hydrogens (primary N) is 1. The highest BCUT2D eigenvalue weighted by Crippen LogP contribution is 2.19. The van der Waals surface area contributed by atoms with Crippen molar-refractivity contribution < 1.29 is 4.74 Å². The Hall–Kier alpha value is -0.120. The van der Waals surface area contributed by atoms with Gasteiger partial charge in [0.1, 0.15) is 0 Å². The lowest BCUT2D eigenvalue weighted by molar-refractivity contribution is 0.0891. The van der Waals surface area contributed by atoms with Gasteiger partial charge in [0.05, 0.1) is 6.61 Å². The van der Waals surface area contributed by atoms with E-state index in [1.54, 1.807) is 0 Å². The average molecular weight is 256 g/mol. The maximum Gasteiger partial charge on any atom is 0.0502 e. The van der Waals surface area contributed by atoms with E-state index < -0.39 is 0 Å². The van der Waals surface area contributed by atoms with E-state index in [2.05, 4.69) is 11.8 Å². The van der Waals surface area contributed by atoms with Gasteiger partial charge in [0, 0.05) is 13.7 Å². The maximum absolute atomic E-state index is 5.65. The largest absolute Gasteiger partial charge is 0.384 e. The van der Waals surface area contributed by atoms with Crippen molar-refractivity contribution in [3.63, 3.8) is 0 Å². The number of piperidine rings is 1. The molecule has 0 radical (unpaired) electrons. The van der Waals surface area contributed by atoms with Crippen LogP contribution < -0.4 is 5.73 Å². The zero-order valence-corrected chi connectivity index (χ0v) is 12.4. The molecule has 0 aromatic heterocycles. The van der Waals surface area contributed by atoms with E-state index in [1.165, 1.54) is 58.2 Å². The maximum atomic E-state index is 5.65. The van der Waals surface area contributed by atoms with Crippen LogP contribution in [0.3, 0.4) is 0 Å². The Labute approximate surface area is 113 Å². The number of nitrogens with zero attached hydrogens (tertiary/aromatic N) is 1. The lowest BCUT2D eigenvalue weighted by atomic mass is 9.95. The third-order valence-electron chi connectivity index (χ3n) is 4.24. The minimum absolute atomic E-state index is 0.759. The molecule has 3 nitrogen and oxygen atoms in total. The van der Waals surface area contributed by atoms with Crippen LogP contribution in [0.1, 0.15) is 45.4 Å². The zero-order valence-electron chi connectivity index (χ0n) is 12.4. The molecule has 1 fully saturated rings. The summed E-state index contributed by atoms with van der Waals surface area (Å²) in [6, 6.07) is 0. The molecule has 0 aromatic carbocycles. The third-order valence-corrected chi connectivity index (χ3v) is 4.24. The van der Waals surface area contributed by atoms with Gasteiger partial charge < -0.3 is 15.4 Å². The van der Waals surface area contributed by atoms with Crippen molar-refractivity contribution in [2.45, 2.75) is 45.4 Å². The number of ether oxygens (including phenoxy) is 1. The highest BCUT2D eigenvalue weighted by molar-refractivity contribution is 4.73. The van der Waals surface area contributed by atoms with Crippen LogP contribution in [0.2, 0.25) is 0 Å². The van der Waals surface area contributed by atoms with Gasteiger partial charge in [-0.25, -0.2) is 0 Å². The van der Waals surface area contributed by atoms with Gasteiger partial charge >= 0.3 is 0 Å². The summed E-state index contributed by atoms with van der Waals surface area (Å²) in [4.78, 5) is 2.63. The Morgan fingerprint density at radius 3 is 2.89 bits per heavy atom. The molecule has 1 heterocycles. The Morgan fingerprint density at radius 2 is 2.22 bits per heavy atom. The van der Waals surface area contributed by atoms with E-state index in [0.29, 0.717) is 0 Å². The third kappa shape index (κ3) is 6.17. The molecular formula is C15H32N2O. The van der Waals surface area contributed by atoms with Gasteiger partial charge in [0.15, 0.2) is 0 Å². The topological polar surface area (TPSA) is 38.5 Å². The normalized spacial score (nSPS) is 23.2. The standard InChI is InChI=1S/C15H32N2O/c1-3-14(8-9-16)6-4-10-17-11-5-7-15(12-17)13-18-2/h14-15H,3-13,16H2,1-2H3. The summed E-state index contributed by atoms with van der Waals surface area (Å²) in [7, 11) is 1.82. The summed E-state index contributed by atoms with van der Waals surface area (Å²) in [6.45, 7) is 7.85. The second-order valence-corrected chi connectivity index (χ2v) is 5.76. The molecule has 1 aliphatic heterocycles. The second-order valence-electron chi connectivity index (χ2n) is 5.76. The van der Waals surface area contributed by atoms with Crippen molar-refractivity contribution in [1.82, 2.24) is 4.90 Å². The second kappa shape index (κ2) is 9.76. The first-order valence-corrected chi connectivity index (χ1v) is 7.71. The Kier molecular flexibility index (Phi) is 8.64. The predicted molar refractivity (Wildman–Crippen MR) is 77.7 cm³/mol. The van der Waals surface area contributed by atoms with Gasteiger partial charge in [-0.3, -0.25) is 0 Å². The summed E-state index contributed by atoms with van der Waals surface area (Å²) < 4.78 is 5.28. The van der Waals surface area contributed by atoms with Gasteiger partial charge in [-0.15, -0.1) is 0 Å². The number of hydrogen-bond donors (Lipinski definition) is 1. The number of rotatable bonds is 9. The van der Waals surface area contributed by atoms with E-state index in [1.807, 2.05) is 7.11 Å². The molecule has 2 N–H and O–H groups in total. The summed E-state index contributed by atoms with van der Waals surface area (Å²) in [5, 5.41) is 0. The zero-order chi connectivity index (χ0) is 13.2. The van der Waals surface area contributed by atoms with Crippen LogP contribution in [-0.2, 0) is 4.74 Å². The quantitative estimate of drug-likeness (QED) is 0.689. The molecule has 0 saturated carbocycles. The van der Waals surface area contributed by atoms with Crippen LogP contribution in [-0.4, -0.2) is 44.8 Å². The lowest BCUT2D eigenvalue weighted by Crippen LogP contribution is -2.37. The van der Waals surface area contributed by atoms with Crippen molar-refractivity contribution in [3.8, 4) is 0 Å². The van der Waals surface area contributed by atoms with E-state index >= 15 is 0 Å². The molecule has 0 bridgehead atoms. The fraction of sp³-hybridized carbons (Fsp3) is 1.00. The first-order chi connectivity index (χ1) is 8.80.